The molecule has 1 amide bonds. The lowest BCUT2D eigenvalue weighted by Gasteiger charge is -2.35. The summed E-state index contributed by atoms with van der Waals surface area (Å²) in [6.07, 6.45) is -1.12. The Kier molecular flexibility index (Phi) is 5.13. The highest BCUT2D eigenvalue weighted by Gasteiger charge is 2.34. The lowest BCUT2D eigenvalue weighted by molar-refractivity contribution is -0.137. The maximum absolute atomic E-state index is 12.7. The number of amides is 1. The first-order valence-corrected chi connectivity index (χ1v) is 11.0. The van der Waals surface area contributed by atoms with Crippen LogP contribution in [0.4, 0.5) is 18.9 Å². The molecule has 4 aromatic rings. The molecule has 9 heteroatoms. The summed E-state index contributed by atoms with van der Waals surface area (Å²) in [6.45, 7) is 0. The van der Waals surface area contributed by atoms with Crippen LogP contribution in [0.15, 0.2) is 59.6 Å². The first-order chi connectivity index (χ1) is 15.4. The van der Waals surface area contributed by atoms with E-state index in [4.69, 9.17) is 4.74 Å². The van der Waals surface area contributed by atoms with Crippen LogP contribution in [0.2, 0.25) is 0 Å². The van der Waals surface area contributed by atoms with Crippen LogP contribution in [0.5, 0.6) is 5.75 Å². The molecule has 0 aliphatic heterocycles. The number of benzene rings is 2. The number of H-pyrrole nitrogens is 1. The third kappa shape index (κ3) is 4.08. The van der Waals surface area contributed by atoms with Gasteiger partial charge >= 0.3 is 6.18 Å². The highest BCUT2D eigenvalue weighted by Crippen LogP contribution is 2.41. The summed E-state index contributed by atoms with van der Waals surface area (Å²) in [4.78, 5) is 19.4. The third-order valence-corrected chi connectivity index (χ3v) is 6.26. The molecular formula is C23H18F3N3O2S. The SMILES string of the molecule is O=C(Nc1c[nH]c2ccc(O[C@H]3C[C@@H](c4ccc(C(F)(F)F)cc4)C3)cc12)c1cscn1. The van der Waals surface area contributed by atoms with Crippen LogP contribution in [0.1, 0.15) is 40.4 Å². The molecule has 2 N–H and O–H groups in total. The number of aromatic nitrogens is 2. The number of aromatic amines is 1. The lowest BCUT2D eigenvalue weighted by atomic mass is 9.77. The number of nitrogens with zero attached hydrogens (tertiary/aromatic N) is 1. The summed E-state index contributed by atoms with van der Waals surface area (Å²) in [5.74, 6) is 0.584. The Bertz CT molecular complexity index is 1240. The number of nitrogens with one attached hydrogen (secondary N) is 2. The molecule has 2 heterocycles. The Balaban J connectivity index is 1.23. The molecule has 0 bridgehead atoms. The van der Waals surface area contributed by atoms with Gasteiger partial charge in [-0.15, -0.1) is 11.3 Å². The molecule has 5 nitrogen and oxygen atoms in total. The number of alkyl halides is 3. The number of carbonyl (C=O) groups excluding carboxylic acids is 1. The molecule has 5 rings (SSSR count). The number of ether oxygens (including phenoxy) is 1. The molecule has 1 saturated carbocycles. The van der Waals surface area contributed by atoms with Crippen LogP contribution < -0.4 is 10.1 Å². The Labute approximate surface area is 185 Å². The summed E-state index contributed by atoms with van der Waals surface area (Å²) in [7, 11) is 0. The van der Waals surface area contributed by atoms with E-state index in [0.717, 1.165) is 41.4 Å². The minimum absolute atomic E-state index is 0.00766. The van der Waals surface area contributed by atoms with E-state index in [1.54, 1.807) is 29.2 Å². The minimum Gasteiger partial charge on any atom is -0.490 e. The molecular weight excluding hydrogens is 439 g/mol. The van der Waals surface area contributed by atoms with Crippen molar-refractivity contribution in [1.29, 1.82) is 0 Å². The molecule has 32 heavy (non-hydrogen) atoms. The van der Waals surface area contributed by atoms with E-state index in [0.29, 0.717) is 17.1 Å². The molecule has 2 aromatic heterocycles. The molecule has 1 aliphatic carbocycles. The van der Waals surface area contributed by atoms with Crippen molar-refractivity contribution in [1.82, 2.24) is 9.97 Å². The van der Waals surface area contributed by atoms with Gasteiger partial charge in [-0.05, 0) is 54.7 Å². The average molecular weight is 457 g/mol. The normalized spacial score (nSPS) is 18.3. The lowest BCUT2D eigenvalue weighted by Crippen LogP contribution is -2.32. The van der Waals surface area contributed by atoms with Crippen LogP contribution >= 0.6 is 11.3 Å². The number of carbonyl (C=O) groups is 1. The highest BCUT2D eigenvalue weighted by atomic mass is 32.1. The van der Waals surface area contributed by atoms with Crippen molar-refractivity contribution in [3.63, 3.8) is 0 Å². The van der Waals surface area contributed by atoms with Crippen molar-refractivity contribution in [3.05, 3.63) is 76.4 Å². The zero-order valence-electron chi connectivity index (χ0n) is 16.6. The largest absolute Gasteiger partial charge is 0.490 e. The number of fused-ring (bicyclic) bond motifs is 1. The van der Waals surface area contributed by atoms with Crippen LogP contribution in [-0.4, -0.2) is 22.0 Å². The summed E-state index contributed by atoms with van der Waals surface area (Å²) in [5, 5.41) is 5.36. The predicted octanol–water partition coefficient (Wildman–Crippen LogP) is 6.22. The first-order valence-electron chi connectivity index (χ1n) is 10.0. The number of halogens is 3. The van der Waals surface area contributed by atoms with E-state index in [1.165, 1.54) is 11.3 Å². The summed E-state index contributed by atoms with van der Waals surface area (Å²) in [5.41, 5.74) is 3.73. The maximum Gasteiger partial charge on any atom is 0.416 e. The monoisotopic (exact) mass is 457 g/mol. The van der Waals surface area contributed by atoms with Gasteiger partial charge in [-0.25, -0.2) is 4.98 Å². The Morgan fingerprint density at radius 1 is 1.16 bits per heavy atom. The average Bonchev–Trinajstić information content (AvgIpc) is 3.40. The van der Waals surface area contributed by atoms with Gasteiger partial charge in [0.1, 0.15) is 11.4 Å². The van der Waals surface area contributed by atoms with E-state index >= 15 is 0 Å². The molecule has 0 radical (unpaired) electrons. The standard InChI is InChI=1S/C23H18F3N3O2S/c24-23(25,26)15-3-1-13(2-4-15)14-7-17(8-14)31-16-5-6-19-18(9-16)20(10-27-19)29-22(30)21-11-32-12-28-21/h1-6,9-12,14,17,27H,7-8H2,(H,29,30)/t14-,17+. The predicted molar refractivity (Wildman–Crippen MR) is 116 cm³/mol. The molecule has 164 valence electrons. The van der Waals surface area contributed by atoms with Crippen molar-refractivity contribution in [2.75, 3.05) is 5.32 Å². The van der Waals surface area contributed by atoms with Gasteiger partial charge in [0.15, 0.2) is 0 Å². The van der Waals surface area contributed by atoms with Gasteiger partial charge < -0.3 is 15.0 Å². The fraction of sp³-hybridized carbons (Fsp3) is 0.217. The van der Waals surface area contributed by atoms with E-state index in [1.807, 2.05) is 18.2 Å². The van der Waals surface area contributed by atoms with Crippen molar-refractivity contribution in [2.24, 2.45) is 0 Å². The van der Waals surface area contributed by atoms with Crippen molar-refractivity contribution in [2.45, 2.75) is 31.0 Å². The number of hydrogen-bond donors (Lipinski definition) is 2. The molecule has 0 atom stereocenters. The van der Waals surface area contributed by atoms with Gasteiger partial charge in [-0.1, -0.05) is 12.1 Å². The minimum atomic E-state index is -4.32. The number of rotatable bonds is 5. The maximum atomic E-state index is 12.7. The molecule has 0 unspecified atom stereocenters. The quantitative estimate of drug-likeness (QED) is 0.374. The van der Waals surface area contributed by atoms with Gasteiger partial charge in [0.05, 0.1) is 22.9 Å². The van der Waals surface area contributed by atoms with Gasteiger partial charge in [0, 0.05) is 22.5 Å². The molecule has 1 aliphatic rings. The molecule has 2 aromatic carbocycles. The van der Waals surface area contributed by atoms with Crippen LogP contribution in [-0.2, 0) is 6.18 Å². The Hall–Kier alpha value is -3.33. The summed E-state index contributed by atoms with van der Waals surface area (Å²) >= 11 is 1.35. The third-order valence-electron chi connectivity index (χ3n) is 5.67. The molecule has 0 spiro atoms. The van der Waals surface area contributed by atoms with E-state index < -0.39 is 11.7 Å². The van der Waals surface area contributed by atoms with Crippen molar-refractivity contribution < 1.29 is 22.7 Å². The number of thiazole rings is 1. The van der Waals surface area contributed by atoms with Gasteiger partial charge in [0.2, 0.25) is 0 Å². The van der Waals surface area contributed by atoms with Gasteiger partial charge in [-0.3, -0.25) is 4.79 Å². The summed E-state index contributed by atoms with van der Waals surface area (Å²) < 4.78 is 44.3. The second-order valence-corrected chi connectivity index (χ2v) is 8.48. The second kappa shape index (κ2) is 7.98. The summed E-state index contributed by atoms with van der Waals surface area (Å²) in [6, 6.07) is 11.0. The van der Waals surface area contributed by atoms with Crippen molar-refractivity contribution >= 4 is 33.8 Å². The fourth-order valence-electron chi connectivity index (χ4n) is 3.86. The second-order valence-electron chi connectivity index (χ2n) is 7.77. The first kappa shape index (κ1) is 20.6. The van der Waals surface area contributed by atoms with E-state index in [9.17, 15) is 18.0 Å². The number of hydrogen-bond acceptors (Lipinski definition) is 4. The van der Waals surface area contributed by atoms with Crippen LogP contribution in [0, 0.1) is 0 Å². The topological polar surface area (TPSA) is 67.0 Å². The zero-order valence-corrected chi connectivity index (χ0v) is 17.5. The van der Waals surface area contributed by atoms with E-state index in [-0.39, 0.29) is 17.9 Å². The number of anilines is 1. The zero-order chi connectivity index (χ0) is 22.3. The van der Waals surface area contributed by atoms with Crippen molar-refractivity contribution in [3.8, 4) is 5.75 Å². The van der Waals surface area contributed by atoms with Crippen LogP contribution in [0.25, 0.3) is 10.9 Å². The van der Waals surface area contributed by atoms with Gasteiger partial charge in [-0.2, -0.15) is 13.2 Å². The Morgan fingerprint density at radius 2 is 1.94 bits per heavy atom. The highest BCUT2D eigenvalue weighted by molar-refractivity contribution is 7.07. The van der Waals surface area contributed by atoms with Crippen LogP contribution in [0.3, 0.4) is 0 Å². The molecule has 0 saturated heterocycles. The fourth-order valence-corrected chi connectivity index (χ4v) is 4.39. The van der Waals surface area contributed by atoms with Gasteiger partial charge in [0.25, 0.3) is 5.91 Å². The Morgan fingerprint density at radius 3 is 2.62 bits per heavy atom. The smallest absolute Gasteiger partial charge is 0.416 e. The van der Waals surface area contributed by atoms with E-state index in [2.05, 4.69) is 15.3 Å². The molecule has 1 fully saturated rings.